The number of nitrogens with one attached hydrogen (secondary N) is 1. The summed E-state index contributed by atoms with van der Waals surface area (Å²) in [7, 11) is 1.39. The number of fused-ring (bicyclic) bond motifs is 1. The van der Waals surface area contributed by atoms with Crippen LogP contribution < -0.4 is 19.5 Å². The molecule has 1 aliphatic heterocycles. The van der Waals surface area contributed by atoms with E-state index in [0.717, 1.165) is 12.1 Å². The number of anilines is 1. The molecule has 1 heterocycles. The smallest absolute Gasteiger partial charge is 0.504 e. The predicted octanol–water partition coefficient (Wildman–Crippen LogP) is 2.92. The maximum atomic E-state index is 13.0. The van der Waals surface area contributed by atoms with Gasteiger partial charge in [-0.3, -0.25) is 4.79 Å². The van der Waals surface area contributed by atoms with E-state index in [1.54, 1.807) is 6.07 Å². The Bertz CT molecular complexity index is 975. The number of halogens is 2. The van der Waals surface area contributed by atoms with E-state index < -0.39 is 24.8 Å². The second-order valence-electron chi connectivity index (χ2n) is 5.75. The van der Waals surface area contributed by atoms with Gasteiger partial charge in [-0.1, -0.05) is 6.07 Å². The maximum absolute atomic E-state index is 13.0. The summed E-state index contributed by atoms with van der Waals surface area (Å²) in [5, 5.41) is 11.9. The van der Waals surface area contributed by atoms with Gasteiger partial charge in [-0.2, -0.15) is 0 Å². The summed E-state index contributed by atoms with van der Waals surface area (Å²) >= 11 is 0. The zero-order valence-corrected chi connectivity index (χ0v) is 15.0. The fraction of sp³-hybridized carbons (Fsp3) is 0.158. The minimum Gasteiger partial charge on any atom is -0.504 e. The monoisotopic (exact) mass is 407 g/mol. The summed E-state index contributed by atoms with van der Waals surface area (Å²) in [5.74, 6) is -1.65. The molecule has 10 heteroatoms. The third kappa shape index (κ3) is 5.12. The van der Waals surface area contributed by atoms with Crippen LogP contribution in [0.1, 0.15) is 5.56 Å². The molecule has 3 rings (SSSR count). The van der Waals surface area contributed by atoms with Crippen LogP contribution in [0.3, 0.4) is 0 Å². The number of carbonyl (C=O) groups excluding carboxylic acids is 2. The molecular formula is C19H15F2NO7. The summed E-state index contributed by atoms with van der Waals surface area (Å²) in [5.41, 5.74) is 0.732. The van der Waals surface area contributed by atoms with E-state index >= 15 is 0 Å². The Kier molecular flexibility index (Phi) is 5.53. The molecule has 2 N–H and O–H groups in total. The second kappa shape index (κ2) is 8.05. The highest BCUT2D eigenvalue weighted by Gasteiger charge is 2.43. The quantitative estimate of drug-likeness (QED) is 0.561. The van der Waals surface area contributed by atoms with Gasteiger partial charge in [0.25, 0.3) is 5.91 Å². The molecule has 2 aromatic rings. The van der Waals surface area contributed by atoms with Gasteiger partial charge in [0.1, 0.15) is 0 Å². The van der Waals surface area contributed by atoms with E-state index in [2.05, 4.69) is 14.8 Å². The summed E-state index contributed by atoms with van der Waals surface area (Å²) < 4.78 is 44.3. The number of hydrogen-bond acceptors (Lipinski definition) is 7. The van der Waals surface area contributed by atoms with Crippen LogP contribution in [0.4, 0.5) is 14.5 Å². The molecule has 0 aromatic heterocycles. The fourth-order valence-electron chi connectivity index (χ4n) is 2.37. The second-order valence-corrected chi connectivity index (χ2v) is 5.75. The first-order valence-electron chi connectivity index (χ1n) is 8.17. The molecule has 0 saturated carbocycles. The van der Waals surface area contributed by atoms with Crippen LogP contribution in [-0.2, 0) is 14.3 Å². The molecule has 0 fully saturated rings. The minimum absolute atomic E-state index is 0.0452. The Labute approximate surface area is 163 Å². The lowest BCUT2D eigenvalue weighted by atomic mass is 10.2. The number of hydrogen-bond donors (Lipinski definition) is 2. The first kappa shape index (κ1) is 19.9. The molecule has 152 valence electrons. The highest BCUT2D eigenvalue weighted by atomic mass is 19.3. The first-order chi connectivity index (χ1) is 13.8. The van der Waals surface area contributed by atoms with E-state index in [0.29, 0.717) is 5.56 Å². The number of aromatic hydroxyl groups is 1. The summed E-state index contributed by atoms with van der Waals surface area (Å²) in [6, 6.07) is 8.17. The number of esters is 1. The standard InChI is InChI=1S/C19H15F2NO7/c1-26-15-8-11(2-5-13(15)23)3-7-18(25)27-10-17(24)22-12-4-6-14-16(9-12)29-19(20,21)28-14/h2-9,23H,10H2,1H3,(H,22,24). The maximum Gasteiger partial charge on any atom is 0.586 e. The lowest BCUT2D eigenvalue weighted by Gasteiger charge is -2.06. The normalized spacial score (nSPS) is 13.9. The molecule has 0 atom stereocenters. The van der Waals surface area contributed by atoms with Gasteiger partial charge in [0, 0.05) is 17.8 Å². The Morgan fingerprint density at radius 1 is 1.17 bits per heavy atom. The molecule has 29 heavy (non-hydrogen) atoms. The molecule has 0 radical (unpaired) electrons. The Morgan fingerprint density at radius 3 is 2.69 bits per heavy atom. The van der Waals surface area contributed by atoms with Crippen LogP contribution in [0.25, 0.3) is 6.08 Å². The first-order valence-corrected chi connectivity index (χ1v) is 8.17. The van der Waals surface area contributed by atoms with Crippen molar-refractivity contribution in [2.24, 2.45) is 0 Å². The Hall–Kier alpha value is -3.82. The fourth-order valence-corrected chi connectivity index (χ4v) is 2.37. The molecule has 1 aliphatic rings. The largest absolute Gasteiger partial charge is 0.586 e. The Morgan fingerprint density at radius 2 is 1.93 bits per heavy atom. The van der Waals surface area contributed by atoms with Gasteiger partial charge in [-0.05, 0) is 35.9 Å². The topological polar surface area (TPSA) is 103 Å². The third-order valence-corrected chi connectivity index (χ3v) is 3.65. The van der Waals surface area contributed by atoms with E-state index in [4.69, 9.17) is 9.47 Å². The number of phenolic OH excluding ortho intramolecular Hbond substituents is 1. The minimum atomic E-state index is -3.76. The Balaban J connectivity index is 1.50. The van der Waals surface area contributed by atoms with Crippen molar-refractivity contribution < 1.29 is 42.4 Å². The predicted molar refractivity (Wildman–Crippen MR) is 95.9 cm³/mol. The van der Waals surface area contributed by atoms with Crippen LogP contribution >= 0.6 is 0 Å². The van der Waals surface area contributed by atoms with Crippen LogP contribution in [0.15, 0.2) is 42.5 Å². The molecule has 0 aliphatic carbocycles. The van der Waals surface area contributed by atoms with Crippen molar-refractivity contribution in [3.05, 3.63) is 48.0 Å². The van der Waals surface area contributed by atoms with Crippen molar-refractivity contribution in [3.8, 4) is 23.0 Å². The van der Waals surface area contributed by atoms with Gasteiger partial charge < -0.3 is 29.4 Å². The highest BCUT2D eigenvalue weighted by molar-refractivity contribution is 5.94. The van der Waals surface area contributed by atoms with Gasteiger partial charge in [-0.25, -0.2) is 4.79 Å². The van der Waals surface area contributed by atoms with Crippen LogP contribution in [-0.4, -0.2) is 37.0 Å². The van der Waals surface area contributed by atoms with E-state index in [-0.39, 0.29) is 28.7 Å². The summed E-state index contributed by atoms with van der Waals surface area (Å²) in [4.78, 5) is 23.6. The van der Waals surface area contributed by atoms with Gasteiger partial charge in [0.15, 0.2) is 29.6 Å². The van der Waals surface area contributed by atoms with E-state index in [1.807, 2.05) is 0 Å². The molecule has 8 nitrogen and oxygen atoms in total. The van der Waals surface area contributed by atoms with Crippen molar-refractivity contribution in [1.82, 2.24) is 0 Å². The molecule has 1 amide bonds. The SMILES string of the molecule is COc1cc(C=CC(=O)OCC(=O)Nc2ccc3c(c2)OC(F)(F)O3)ccc1O. The molecule has 0 spiro atoms. The molecule has 0 unspecified atom stereocenters. The van der Waals surface area contributed by atoms with Gasteiger partial charge in [-0.15, -0.1) is 8.78 Å². The van der Waals surface area contributed by atoms with Crippen molar-refractivity contribution in [3.63, 3.8) is 0 Å². The van der Waals surface area contributed by atoms with Gasteiger partial charge in [0.05, 0.1) is 7.11 Å². The van der Waals surface area contributed by atoms with Gasteiger partial charge in [0.2, 0.25) is 0 Å². The summed E-state index contributed by atoms with van der Waals surface area (Å²) in [6.45, 7) is -0.591. The van der Waals surface area contributed by atoms with Crippen LogP contribution in [0.2, 0.25) is 0 Å². The number of ether oxygens (including phenoxy) is 4. The summed E-state index contributed by atoms with van der Waals surface area (Å²) in [6.07, 6.45) is -1.24. The lowest BCUT2D eigenvalue weighted by Crippen LogP contribution is -2.25. The lowest BCUT2D eigenvalue weighted by molar-refractivity contribution is -0.286. The highest BCUT2D eigenvalue weighted by Crippen LogP contribution is 2.42. The molecular weight excluding hydrogens is 392 g/mol. The number of alkyl halides is 2. The van der Waals surface area contributed by atoms with Crippen molar-refractivity contribution in [1.29, 1.82) is 0 Å². The number of benzene rings is 2. The van der Waals surface area contributed by atoms with Crippen LogP contribution in [0, 0.1) is 0 Å². The number of phenols is 1. The van der Waals surface area contributed by atoms with Crippen molar-refractivity contribution in [2.75, 3.05) is 19.0 Å². The van der Waals surface area contributed by atoms with Gasteiger partial charge >= 0.3 is 12.3 Å². The molecule has 0 bridgehead atoms. The molecule has 0 saturated heterocycles. The zero-order chi connectivity index (χ0) is 21.0. The number of amides is 1. The third-order valence-electron chi connectivity index (χ3n) is 3.65. The van der Waals surface area contributed by atoms with Crippen molar-refractivity contribution >= 4 is 23.6 Å². The van der Waals surface area contributed by atoms with E-state index in [9.17, 15) is 23.5 Å². The van der Waals surface area contributed by atoms with Crippen LogP contribution in [0.5, 0.6) is 23.0 Å². The number of carbonyl (C=O) groups is 2. The van der Waals surface area contributed by atoms with E-state index in [1.165, 1.54) is 37.5 Å². The number of rotatable bonds is 6. The average Bonchev–Trinajstić information content (AvgIpc) is 2.98. The molecule has 2 aromatic carbocycles. The number of methoxy groups -OCH3 is 1. The average molecular weight is 407 g/mol. The van der Waals surface area contributed by atoms with Crippen molar-refractivity contribution in [2.45, 2.75) is 6.29 Å². The zero-order valence-electron chi connectivity index (χ0n) is 15.0.